The maximum atomic E-state index is 10.8. The van der Waals surface area contributed by atoms with Gasteiger partial charge in [0.2, 0.25) is 0 Å². The number of carbonyl (C=O) groups is 1. The summed E-state index contributed by atoms with van der Waals surface area (Å²) in [5.74, 6) is 0.820. The van der Waals surface area contributed by atoms with E-state index in [1.54, 1.807) is 13.2 Å². The lowest BCUT2D eigenvalue weighted by Crippen LogP contribution is -2.15. The number of methoxy groups -OCH3 is 1. The molecule has 0 saturated heterocycles. The standard InChI is InChI=1S/C14H20O3/c1-14(2,3)12-9-11(10-15)5-6-13(12)17-8-7-16-4/h5-6,9-10H,7-8H2,1-4H3. The van der Waals surface area contributed by atoms with E-state index in [0.717, 1.165) is 17.6 Å². The van der Waals surface area contributed by atoms with Gasteiger partial charge in [0.05, 0.1) is 6.61 Å². The lowest BCUT2D eigenvalue weighted by atomic mass is 9.85. The summed E-state index contributed by atoms with van der Waals surface area (Å²) in [7, 11) is 1.64. The Balaban J connectivity index is 2.98. The number of ether oxygens (including phenoxy) is 2. The molecule has 0 aromatic heterocycles. The van der Waals surface area contributed by atoms with Crippen molar-refractivity contribution >= 4 is 6.29 Å². The van der Waals surface area contributed by atoms with Crippen molar-refractivity contribution in [1.82, 2.24) is 0 Å². The minimum absolute atomic E-state index is 0.0541. The smallest absolute Gasteiger partial charge is 0.150 e. The first-order valence-electron chi connectivity index (χ1n) is 5.70. The molecule has 0 aliphatic heterocycles. The minimum atomic E-state index is -0.0541. The van der Waals surface area contributed by atoms with Gasteiger partial charge in [0.25, 0.3) is 0 Å². The summed E-state index contributed by atoms with van der Waals surface area (Å²) in [6.07, 6.45) is 0.855. The molecular formula is C14H20O3. The predicted octanol–water partition coefficient (Wildman–Crippen LogP) is 2.82. The molecule has 0 amide bonds. The number of benzene rings is 1. The van der Waals surface area contributed by atoms with Gasteiger partial charge in [-0.3, -0.25) is 4.79 Å². The number of aldehydes is 1. The third-order valence-corrected chi connectivity index (χ3v) is 2.49. The Morgan fingerprint density at radius 2 is 1.94 bits per heavy atom. The van der Waals surface area contributed by atoms with Crippen molar-refractivity contribution in [3.63, 3.8) is 0 Å². The molecule has 0 atom stereocenters. The Morgan fingerprint density at radius 3 is 2.47 bits per heavy atom. The Morgan fingerprint density at radius 1 is 1.24 bits per heavy atom. The maximum absolute atomic E-state index is 10.8. The van der Waals surface area contributed by atoms with E-state index in [1.165, 1.54) is 0 Å². The molecule has 0 aliphatic rings. The van der Waals surface area contributed by atoms with Gasteiger partial charge in [-0.1, -0.05) is 20.8 Å². The summed E-state index contributed by atoms with van der Waals surface area (Å²) in [6, 6.07) is 5.50. The van der Waals surface area contributed by atoms with Crippen LogP contribution in [0.15, 0.2) is 18.2 Å². The van der Waals surface area contributed by atoms with Gasteiger partial charge in [-0.05, 0) is 23.6 Å². The highest BCUT2D eigenvalue weighted by Crippen LogP contribution is 2.31. The van der Waals surface area contributed by atoms with Crippen LogP contribution in [0.25, 0.3) is 0 Å². The summed E-state index contributed by atoms with van der Waals surface area (Å²) >= 11 is 0. The van der Waals surface area contributed by atoms with Crippen molar-refractivity contribution in [2.75, 3.05) is 20.3 Å². The fraction of sp³-hybridized carbons (Fsp3) is 0.500. The third-order valence-electron chi connectivity index (χ3n) is 2.49. The molecule has 0 unspecified atom stereocenters. The molecule has 1 aromatic carbocycles. The van der Waals surface area contributed by atoms with Gasteiger partial charge in [-0.25, -0.2) is 0 Å². The molecule has 0 fully saturated rings. The zero-order valence-corrected chi connectivity index (χ0v) is 10.9. The van der Waals surface area contributed by atoms with Crippen molar-refractivity contribution in [1.29, 1.82) is 0 Å². The van der Waals surface area contributed by atoms with Gasteiger partial charge in [0, 0.05) is 18.2 Å². The average Bonchev–Trinajstić information content (AvgIpc) is 2.28. The van der Waals surface area contributed by atoms with Crippen LogP contribution in [0.1, 0.15) is 36.7 Å². The van der Waals surface area contributed by atoms with Gasteiger partial charge in [-0.15, -0.1) is 0 Å². The Labute approximate surface area is 103 Å². The highest BCUT2D eigenvalue weighted by molar-refractivity contribution is 5.75. The van der Waals surface area contributed by atoms with E-state index in [0.29, 0.717) is 18.8 Å². The normalized spacial score (nSPS) is 11.3. The molecule has 0 heterocycles. The molecule has 0 aliphatic carbocycles. The van der Waals surface area contributed by atoms with Gasteiger partial charge in [0.1, 0.15) is 18.6 Å². The highest BCUT2D eigenvalue weighted by Gasteiger charge is 2.19. The average molecular weight is 236 g/mol. The van der Waals surface area contributed by atoms with E-state index in [9.17, 15) is 4.79 Å². The maximum Gasteiger partial charge on any atom is 0.150 e. The van der Waals surface area contributed by atoms with Crippen LogP contribution in [-0.4, -0.2) is 26.6 Å². The highest BCUT2D eigenvalue weighted by atomic mass is 16.5. The number of rotatable bonds is 5. The number of carbonyl (C=O) groups excluding carboxylic acids is 1. The first-order valence-corrected chi connectivity index (χ1v) is 5.70. The van der Waals surface area contributed by atoms with Gasteiger partial charge >= 0.3 is 0 Å². The summed E-state index contributed by atoms with van der Waals surface area (Å²) in [5, 5.41) is 0. The summed E-state index contributed by atoms with van der Waals surface area (Å²) < 4.78 is 10.6. The van der Waals surface area contributed by atoms with E-state index >= 15 is 0 Å². The molecule has 0 bridgehead atoms. The second kappa shape index (κ2) is 5.82. The van der Waals surface area contributed by atoms with Crippen LogP contribution in [0.5, 0.6) is 5.75 Å². The van der Waals surface area contributed by atoms with Crippen LogP contribution in [0, 0.1) is 0 Å². The third kappa shape index (κ3) is 3.86. The van der Waals surface area contributed by atoms with Crippen molar-refractivity contribution in [3.8, 4) is 5.75 Å². The summed E-state index contributed by atoms with van der Waals surface area (Å²) in [6.45, 7) is 7.36. The second-order valence-electron chi connectivity index (χ2n) is 4.96. The van der Waals surface area contributed by atoms with Crippen LogP contribution >= 0.6 is 0 Å². The first-order chi connectivity index (χ1) is 7.99. The zero-order valence-electron chi connectivity index (χ0n) is 10.9. The van der Waals surface area contributed by atoms with Gasteiger partial charge in [0.15, 0.2) is 0 Å². The summed E-state index contributed by atoms with van der Waals surface area (Å²) in [4.78, 5) is 10.8. The molecule has 0 radical (unpaired) electrons. The second-order valence-corrected chi connectivity index (χ2v) is 4.96. The fourth-order valence-corrected chi connectivity index (χ4v) is 1.57. The van der Waals surface area contributed by atoms with Crippen molar-refractivity contribution in [3.05, 3.63) is 29.3 Å². The molecule has 1 rings (SSSR count). The lowest BCUT2D eigenvalue weighted by Gasteiger charge is -2.23. The monoisotopic (exact) mass is 236 g/mol. The SMILES string of the molecule is COCCOc1ccc(C=O)cc1C(C)(C)C. The number of hydrogen-bond acceptors (Lipinski definition) is 3. The molecule has 17 heavy (non-hydrogen) atoms. The van der Waals surface area contributed by atoms with Crippen molar-refractivity contribution in [2.45, 2.75) is 26.2 Å². The van der Waals surface area contributed by atoms with E-state index in [1.807, 2.05) is 12.1 Å². The zero-order chi connectivity index (χ0) is 12.9. The molecule has 1 aromatic rings. The van der Waals surface area contributed by atoms with Gasteiger partial charge in [-0.2, -0.15) is 0 Å². The van der Waals surface area contributed by atoms with E-state index in [2.05, 4.69) is 20.8 Å². The van der Waals surface area contributed by atoms with Crippen LogP contribution in [-0.2, 0) is 10.2 Å². The molecule has 94 valence electrons. The Kier molecular flexibility index (Phi) is 4.70. The predicted molar refractivity (Wildman–Crippen MR) is 67.9 cm³/mol. The van der Waals surface area contributed by atoms with Crippen LogP contribution in [0.3, 0.4) is 0 Å². The van der Waals surface area contributed by atoms with E-state index in [4.69, 9.17) is 9.47 Å². The van der Waals surface area contributed by atoms with Crippen LogP contribution in [0.4, 0.5) is 0 Å². The van der Waals surface area contributed by atoms with Crippen molar-refractivity contribution < 1.29 is 14.3 Å². The minimum Gasteiger partial charge on any atom is -0.491 e. The molecule has 0 saturated carbocycles. The van der Waals surface area contributed by atoms with Gasteiger partial charge < -0.3 is 9.47 Å². The van der Waals surface area contributed by atoms with Crippen LogP contribution in [0.2, 0.25) is 0 Å². The first kappa shape index (κ1) is 13.7. The lowest BCUT2D eigenvalue weighted by molar-refractivity contribution is 0.112. The molecule has 0 N–H and O–H groups in total. The fourth-order valence-electron chi connectivity index (χ4n) is 1.57. The molecule has 3 nitrogen and oxygen atoms in total. The summed E-state index contributed by atoms with van der Waals surface area (Å²) in [5.41, 5.74) is 1.66. The number of hydrogen-bond donors (Lipinski definition) is 0. The van der Waals surface area contributed by atoms with Crippen LogP contribution < -0.4 is 4.74 Å². The topological polar surface area (TPSA) is 35.5 Å². The quantitative estimate of drug-likeness (QED) is 0.582. The van der Waals surface area contributed by atoms with E-state index < -0.39 is 0 Å². The largest absolute Gasteiger partial charge is 0.491 e. The van der Waals surface area contributed by atoms with E-state index in [-0.39, 0.29) is 5.41 Å². The molecular weight excluding hydrogens is 216 g/mol. The Hall–Kier alpha value is -1.35. The molecule has 0 spiro atoms. The van der Waals surface area contributed by atoms with Crippen molar-refractivity contribution in [2.24, 2.45) is 0 Å². The molecule has 3 heteroatoms. The Bertz CT molecular complexity index is 378.